The van der Waals surface area contributed by atoms with Gasteiger partial charge in [-0.25, -0.2) is 14.3 Å². The van der Waals surface area contributed by atoms with Gasteiger partial charge in [-0.3, -0.25) is 0 Å². The largest absolute Gasteiger partial charge is 0.465 e. The number of methoxy groups -OCH3 is 2. The number of esters is 2. The molecular weight excluding hydrogens is 345 g/mol. The van der Waals surface area contributed by atoms with Crippen molar-refractivity contribution >= 4 is 41.2 Å². The molecule has 120 valence electrons. The third kappa shape index (κ3) is 3.88. The van der Waals surface area contributed by atoms with E-state index in [9.17, 15) is 9.59 Å². The van der Waals surface area contributed by atoms with Crippen LogP contribution < -0.4 is 0 Å². The third-order valence-electron chi connectivity index (χ3n) is 2.78. The number of hydrogen-bond donors (Lipinski definition) is 0. The molecule has 0 aliphatic heterocycles. The highest BCUT2D eigenvalue weighted by Gasteiger charge is 2.20. The van der Waals surface area contributed by atoms with Crippen molar-refractivity contribution in [3.05, 3.63) is 45.7 Å². The maximum atomic E-state index is 11.6. The summed E-state index contributed by atoms with van der Waals surface area (Å²) in [5.74, 6) is -1.66. The van der Waals surface area contributed by atoms with E-state index in [1.54, 1.807) is 18.2 Å². The van der Waals surface area contributed by atoms with Gasteiger partial charge in [0.1, 0.15) is 11.3 Å². The summed E-state index contributed by atoms with van der Waals surface area (Å²) in [5, 5.41) is 8.53. The number of halogens is 2. The summed E-state index contributed by atoms with van der Waals surface area (Å²) in [6.07, 6.45) is 2.73. The second kappa shape index (κ2) is 7.26. The van der Waals surface area contributed by atoms with Gasteiger partial charge in [-0.05, 0) is 24.3 Å². The van der Waals surface area contributed by atoms with Gasteiger partial charge >= 0.3 is 11.9 Å². The molecule has 0 atom stereocenters. The van der Waals surface area contributed by atoms with Crippen LogP contribution in [0.2, 0.25) is 10.0 Å². The van der Waals surface area contributed by atoms with Crippen LogP contribution in [0.25, 0.3) is 11.8 Å². The molecule has 0 unspecified atom stereocenters. The highest BCUT2D eigenvalue weighted by Crippen LogP contribution is 2.24. The number of rotatable bonds is 4. The molecule has 0 fully saturated rings. The summed E-state index contributed by atoms with van der Waals surface area (Å²) < 4.78 is 10.5. The first kappa shape index (κ1) is 17.0. The predicted octanol–water partition coefficient (Wildman–Crippen LogP) is 2.30. The van der Waals surface area contributed by atoms with Crippen LogP contribution in [0.3, 0.4) is 0 Å². The van der Waals surface area contributed by atoms with Crippen LogP contribution in [0, 0.1) is 0 Å². The van der Waals surface area contributed by atoms with Gasteiger partial charge in [-0.1, -0.05) is 28.4 Å². The Balaban J connectivity index is 2.37. The van der Waals surface area contributed by atoms with E-state index in [0.717, 1.165) is 14.2 Å². The Kier molecular flexibility index (Phi) is 5.36. The van der Waals surface area contributed by atoms with Gasteiger partial charge in [0.25, 0.3) is 0 Å². The Bertz CT molecular complexity index is 768. The molecule has 0 aliphatic carbocycles. The summed E-state index contributed by atoms with van der Waals surface area (Å²) in [5.41, 5.74) is 0.585. The van der Waals surface area contributed by atoms with E-state index >= 15 is 0 Å². The molecule has 0 spiro atoms. The molecule has 9 heteroatoms. The number of nitrogens with zero attached hydrogens (tertiary/aromatic N) is 3. The SMILES string of the molecule is COC(=O)C(=Cc1cn(-c2ccc(Cl)c(Cl)c2)nn1)C(=O)OC. The lowest BCUT2D eigenvalue weighted by atomic mass is 10.2. The minimum Gasteiger partial charge on any atom is -0.465 e. The smallest absolute Gasteiger partial charge is 0.345 e. The van der Waals surface area contributed by atoms with Crippen LogP contribution >= 0.6 is 23.2 Å². The van der Waals surface area contributed by atoms with E-state index < -0.39 is 11.9 Å². The molecule has 0 saturated heterocycles. The number of benzene rings is 1. The van der Waals surface area contributed by atoms with E-state index in [1.807, 2.05) is 0 Å². The Morgan fingerprint density at radius 2 is 1.78 bits per heavy atom. The van der Waals surface area contributed by atoms with Gasteiger partial charge in [-0.2, -0.15) is 0 Å². The fraction of sp³-hybridized carbons (Fsp3) is 0.143. The zero-order valence-electron chi connectivity index (χ0n) is 12.1. The van der Waals surface area contributed by atoms with Gasteiger partial charge in [0.2, 0.25) is 0 Å². The third-order valence-corrected chi connectivity index (χ3v) is 3.52. The number of carbonyl (C=O) groups excluding carboxylic acids is 2. The van der Waals surface area contributed by atoms with Crippen LogP contribution in [0.4, 0.5) is 0 Å². The van der Waals surface area contributed by atoms with Crippen molar-refractivity contribution in [2.24, 2.45) is 0 Å². The van der Waals surface area contributed by atoms with E-state index in [4.69, 9.17) is 23.2 Å². The molecule has 2 aromatic rings. The molecular formula is C14H11Cl2N3O4. The molecule has 0 saturated carbocycles. The predicted molar refractivity (Wildman–Crippen MR) is 83.4 cm³/mol. The zero-order valence-corrected chi connectivity index (χ0v) is 13.6. The lowest BCUT2D eigenvalue weighted by Gasteiger charge is -2.02. The normalized spacial score (nSPS) is 10.1. The fourth-order valence-electron chi connectivity index (χ4n) is 1.67. The fourth-order valence-corrected chi connectivity index (χ4v) is 1.96. The quantitative estimate of drug-likeness (QED) is 0.362. The van der Waals surface area contributed by atoms with Crippen molar-refractivity contribution in [3.8, 4) is 5.69 Å². The van der Waals surface area contributed by atoms with Gasteiger partial charge in [0.15, 0.2) is 0 Å². The first-order valence-electron chi connectivity index (χ1n) is 6.22. The first-order valence-corrected chi connectivity index (χ1v) is 6.98. The van der Waals surface area contributed by atoms with E-state index in [2.05, 4.69) is 19.8 Å². The maximum absolute atomic E-state index is 11.6. The molecule has 0 aliphatic rings. The topological polar surface area (TPSA) is 83.3 Å². The van der Waals surface area contributed by atoms with Crippen LogP contribution in [0.15, 0.2) is 30.0 Å². The molecule has 0 N–H and O–H groups in total. The highest BCUT2D eigenvalue weighted by molar-refractivity contribution is 6.42. The van der Waals surface area contributed by atoms with Crippen LogP contribution in [-0.2, 0) is 19.1 Å². The maximum Gasteiger partial charge on any atom is 0.345 e. The van der Waals surface area contributed by atoms with Crippen molar-refractivity contribution in [1.29, 1.82) is 0 Å². The second-order valence-corrected chi connectivity index (χ2v) is 5.04. The molecule has 23 heavy (non-hydrogen) atoms. The monoisotopic (exact) mass is 355 g/mol. The number of aromatic nitrogens is 3. The van der Waals surface area contributed by atoms with Gasteiger partial charge in [0.05, 0.1) is 36.1 Å². The second-order valence-electron chi connectivity index (χ2n) is 4.23. The molecule has 0 bridgehead atoms. The van der Waals surface area contributed by atoms with Crippen molar-refractivity contribution in [1.82, 2.24) is 15.0 Å². The molecule has 1 aromatic carbocycles. The standard InChI is InChI=1S/C14H11Cl2N3O4/c1-22-13(20)10(14(21)23-2)5-8-7-19(18-17-8)9-3-4-11(15)12(16)6-9/h3-7H,1-2H3. The molecule has 1 aromatic heterocycles. The van der Waals surface area contributed by atoms with E-state index in [1.165, 1.54) is 17.0 Å². The van der Waals surface area contributed by atoms with E-state index in [-0.39, 0.29) is 11.3 Å². The molecule has 0 amide bonds. The number of carbonyl (C=O) groups is 2. The van der Waals surface area contributed by atoms with Gasteiger partial charge in [-0.15, -0.1) is 5.10 Å². The lowest BCUT2D eigenvalue weighted by Crippen LogP contribution is -2.15. The summed E-state index contributed by atoms with van der Waals surface area (Å²) >= 11 is 11.8. The Hall–Kier alpha value is -2.38. The summed E-state index contributed by atoms with van der Waals surface area (Å²) in [6, 6.07) is 4.91. The summed E-state index contributed by atoms with van der Waals surface area (Å²) in [7, 11) is 2.32. The summed E-state index contributed by atoms with van der Waals surface area (Å²) in [4.78, 5) is 23.2. The Morgan fingerprint density at radius 3 is 2.35 bits per heavy atom. The Morgan fingerprint density at radius 1 is 1.13 bits per heavy atom. The van der Waals surface area contributed by atoms with Crippen molar-refractivity contribution in [2.45, 2.75) is 0 Å². The molecule has 1 heterocycles. The highest BCUT2D eigenvalue weighted by atomic mass is 35.5. The number of ether oxygens (including phenoxy) is 2. The average molecular weight is 356 g/mol. The van der Waals surface area contributed by atoms with Crippen molar-refractivity contribution in [2.75, 3.05) is 14.2 Å². The van der Waals surface area contributed by atoms with Crippen LogP contribution in [0.5, 0.6) is 0 Å². The lowest BCUT2D eigenvalue weighted by molar-refractivity contribution is -0.143. The molecule has 2 rings (SSSR count). The van der Waals surface area contributed by atoms with Crippen molar-refractivity contribution < 1.29 is 19.1 Å². The minimum absolute atomic E-state index is 0.266. The van der Waals surface area contributed by atoms with E-state index in [0.29, 0.717) is 15.7 Å². The van der Waals surface area contributed by atoms with Crippen LogP contribution in [-0.4, -0.2) is 41.2 Å². The minimum atomic E-state index is -0.832. The molecule has 7 nitrogen and oxygen atoms in total. The first-order chi connectivity index (χ1) is 11.0. The van der Waals surface area contributed by atoms with Gasteiger partial charge < -0.3 is 9.47 Å². The zero-order chi connectivity index (χ0) is 17.0. The van der Waals surface area contributed by atoms with Gasteiger partial charge in [0, 0.05) is 0 Å². The Labute approximate surface area is 141 Å². The number of hydrogen-bond acceptors (Lipinski definition) is 6. The van der Waals surface area contributed by atoms with Crippen LogP contribution in [0.1, 0.15) is 5.69 Å². The van der Waals surface area contributed by atoms with Crippen molar-refractivity contribution in [3.63, 3.8) is 0 Å². The molecule has 0 radical (unpaired) electrons. The summed E-state index contributed by atoms with van der Waals surface area (Å²) in [6.45, 7) is 0. The average Bonchev–Trinajstić information content (AvgIpc) is 3.02.